The Labute approximate surface area is 176 Å². The van der Waals surface area contributed by atoms with Crippen LogP contribution < -0.4 is 15.4 Å². The maximum Gasteiger partial charge on any atom is 0.250 e. The summed E-state index contributed by atoms with van der Waals surface area (Å²) in [4.78, 5) is 17.7. The number of aliphatic imine (C=N–C) groups is 1. The summed E-state index contributed by atoms with van der Waals surface area (Å²) in [5.74, 6) is 0.399. The lowest BCUT2D eigenvalue weighted by Crippen LogP contribution is -2.49. The number of hydrogen-bond acceptors (Lipinski definition) is 5. The van der Waals surface area contributed by atoms with Crippen LogP contribution in [0, 0.1) is 0 Å². The molecule has 1 heterocycles. The second-order valence-electron chi connectivity index (χ2n) is 6.46. The van der Waals surface area contributed by atoms with Crippen molar-refractivity contribution in [3.63, 3.8) is 0 Å². The predicted molar refractivity (Wildman–Crippen MR) is 117 cm³/mol. The van der Waals surface area contributed by atoms with Crippen LogP contribution in [0.2, 0.25) is 0 Å². The van der Waals surface area contributed by atoms with Gasteiger partial charge >= 0.3 is 0 Å². The summed E-state index contributed by atoms with van der Waals surface area (Å²) in [7, 11) is -0.119. The second-order valence-corrected chi connectivity index (χ2v) is 9.40. The minimum absolute atomic E-state index is 0. The highest BCUT2D eigenvalue weighted by atomic mass is 127. The van der Waals surface area contributed by atoms with E-state index >= 15 is 0 Å². The third-order valence-corrected chi connectivity index (χ3v) is 5.79. The van der Waals surface area contributed by atoms with E-state index in [2.05, 4.69) is 20.3 Å². The van der Waals surface area contributed by atoms with E-state index in [9.17, 15) is 13.2 Å². The first-order valence-corrected chi connectivity index (χ1v) is 10.2. The van der Waals surface area contributed by atoms with E-state index in [0.29, 0.717) is 12.5 Å². The van der Waals surface area contributed by atoms with Gasteiger partial charge in [-0.15, -0.1) is 35.3 Å². The van der Waals surface area contributed by atoms with Gasteiger partial charge in [-0.2, -0.15) is 0 Å². The maximum absolute atomic E-state index is 12.0. The summed E-state index contributed by atoms with van der Waals surface area (Å²) in [5, 5.41) is 7.62. The van der Waals surface area contributed by atoms with Gasteiger partial charge in [-0.3, -0.25) is 9.79 Å². The fraction of sp³-hybridized carbons (Fsp3) is 0.600. The number of carbonyl (C=O) groups is 1. The number of amides is 1. The van der Waals surface area contributed by atoms with Crippen LogP contribution >= 0.6 is 35.3 Å². The molecule has 3 N–H and O–H groups in total. The van der Waals surface area contributed by atoms with Gasteiger partial charge in [0.05, 0.1) is 6.54 Å². The van der Waals surface area contributed by atoms with E-state index < -0.39 is 10.0 Å². The highest BCUT2D eigenvalue weighted by Gasteiger charge is 2.17. The van der Waals surface area contributed by atoms with Crippen LogP contribution in [0.4, 0.5) is 0 Å². The summed E-state index contributed by atoms with van der Waals surface area (Å²) in [6.07, 6.45) is 0. The Morgan fingerprint density at radius 2 is 1.96 bits per heavy atom. The number of sulfonamides is 1. The molecule has 0 aliphatic rings. The molecule has 150 valence electrons. The highest BCUT2D eigenvalue weighted by molar-refractivity contribution is 14.0. The van der Waals surface area contributed by atoms with E-state index in [1.165, 1.54) is 11.3 Å². The molecule has 0 aliphatic carbocycles. The second kappa shape index (κ2) is 11.0. The number of likely N-dealkylation sites (N-methyl/N-ethyl adjacent to an activating group) is 1. The fourth-order valence-electron chi connectivity index (χ4n) is 1.98. The molecule has 0 unspecified atom stereocenters. The fourth-order valence-corrected chi connectivity index (χ4v) is 4.05. The summed E-state index contributed by atoms with van der Waals surface area (Å²) in [6, 6.07) is 3.25. The van der Waals surface area contributed by atoms with Crippen LogP contribution in [0.3, 0.4) is 0 Å². The summed E-state index contributed by atoms with van der Waals surface area (Å²) >= 11 is 1.17. The summed E-state index contributed by atoms with van der Waals surface area (Å²) in [5.41, 5.74) is -0.297. The zero-order chi connectivity index (χ0) is 19.1. The van der Waals surface area contributed by atoms with Crippen LogP contribution in [0.5, 0.6) is 0 Å². The smallest absolute Gasteiger partial charge is 0.250 e. The van der Waals surface area contributed by atoms with E-state index in [4.69, 9.17) is 0 Å². The van der Waals surface area contributed by atoms with Gasteiger partial charge in [-0.25, -0.2) is 13.1 Å². The third-order valence-electron chi connectivity index (χ3n) is 2.93. The SMILES string of the molecule is CN=C(NCCNS(=O)(=O)c1cccs1)N(C)CC(=O)NC(C)(C)C.I. The first-order chi connectivity index (χ1) is 11.5. The molecule has 8 nitrogen and oxygen atoms in total. The molecule has 0 aliphatic heterocycles. The van der Waals surface area contributed by atoms with Crippen molar-refractivity contribution >= 4 is 57.2 Å². The number of nitrogens with one attached hydrogen (secondary N) is 3. The Morgan fingerprint density at radius 3 is 2.46 bits per heavy atom. The average Bonchev–Trinajstić information content (AvgIpc) is 2.99. The average molecular weight is 517 g/mol. The number of hydrogen-bond donors (Lipinski definition) is 3. The standard InChI is InChI=1S/C15H27N5O3S2.HI/c1-15(2,3)19-12(21)11-20(5)14(16-4)17-8-9-18-25(22,23)13-7-6-10-24-13;/h6-7,10,18H,8-9,11H2,1-5H3,(H,16,17)(H,19,21);1H. The minimum Gasteiger partial charge on any atom is -0.355 e. The van der Waals surface area contributed by atoms with Crippen molar-refractivity contribution in [3.05, 3.63) is 17.5 Å². The van der Waals surface area contributed by atoms with E-state index in [0.717, 1.165) is 0 Å². The first kappa shape index (κ1) is 25.1. The molecule has 0 fully saturated rings. The van der Waals surface area contributed by atoms with Crippen LogP contribution in [0.1, 0.15) is 20.8 Å². The molecule has 1 aromatic rings. The molecule has 0 bridgehead atoms. The highest BCUT2D eigenvalue weighted by Crippen LogP contribution is 2.14. The Bertz CT molecular complexity index is 685. The van der Waals surface area contributed by atoms with Gasteiger partial charge in [0.15, 0.2) is 5.96 Å². The molecule has 0 atom stereocenters. The molecule has 0 aromatic carbocycles. The van der Waals surface area contributed by atoms with Crippen molar-refractivity contribution in [1.29, 1.82) is 0 Å². The molecule has 1 aromatic heterocycles. The molecule has 1 amide bonds. The van der Waals surface area contributed by atoms with Crippen molar-refractivity contribution in [2.45, 2.75) is 30.5 Å². The lowest BCUT2D eigenvalue weighted by molar-refractivity contribution is -0.122. The molecule has 1 rings (SSSR count). The monoisotopic (exact) mass is 517 g/mol. The van der Waals surface area contributed by atoms with Crippen molar-refractivity contribution in [2.24, 2.45) is 4.99 Å². The molecule has 0 radical (unpaired) electrons. The number of carbonyl (C=O) groups excluding carboxylic acids is 1. The maximum atomic E-state index is 12.0. The van der Waals surface area contributed by atoms with Crippen molar-refractivity contribution in [3.8, 4) is 0 Å². The molecule has 11 heteroatoms. The van der Waals surface area contributed by atoms with Gasteiger partial charge in [0.25, 0.3) is 0 Å². The zero-order valence-electron chi connectivity index (χ0n) is 15.7. The quantitative estimate of drug-likeness (QED) is 0.217. The Morgan fingerprint density at radius 1 is 1.31 bits per heavy atom. The number of nitrogens with zero attached hydrogens (tertiary/aromatic N) is 2. The van der Waals surface area contributed by atoms with Gasteiger partial charge in [-0.1, -0.05) is 6.07 Å². The minimum atomic E-state index is -3.47. The number of thiophene rings is 1. The van der Waals surface area contributed by atoms with Gasteiger partial charge in [-0.05, 0) is 32.2 Å². The van der Waals surface area contributed by atoms with Gasteiger partial charge in [0.2, 0.25) is 15.9 Å². The molecular formula is C15H28IN5O3S2. The van der Waals surface area contributed by atoms with Crippen molar-refractivity contribution < 1.29 is 13.2 Å². The van der Waals surface area contributed by atoms with Crippen molar-refractivity contribution in [2.75, 3.05) is 33.7 Å². The molecule has 26 heavy (non-hydrogen) atoms. The van der Waals surface area contributed by atoms with E-state index in [1.807, 2.05) is 20.8 Å². The molecule has 0 saturated heterocycles. The topological polar surface area (TPSA) is 103 Å². The van der Waals surface area contributed by atoms with E-state index in [1.54, 1.807) is 36.5 Å². The summed E-state index contributed by atoms with van der Waals surface area (Å²) < 4.78 is 26.8. The Hall–Kier alpha value is -0.920. The number of guanidine groups is 1. The van der Waals surface area contributed by atoms with Gasteiger partial charge < -0.3 is 15.5 Å². The van der Waals surface area contributed by atoms with Crippen LogP contribution in [-0.2, 0) is 14.8 Å². The third kappa shape index (κ3) is 9.14. The lowest BCUT2D eigenvalue weighted by atomic mass is 10.1. The molecular weight excluding hydrogens is 489 g/mol. The van der Waals surface area contributed by atoms with Crippen LogP contribution in [0.25, 0.3) is 0 Å². The largest absolute Gasteiger partial charge is 0.355 e. The summed E-state index contributed by atoms with van der Waals surface area (Å²) in [6.45, 7) is 6.45. The van der Waals surface area contributed by atoms with Crippen LogP contribution in [0.15, 0.2) is 26.7 Å². The Kier molecular flexibility index (Phi) is 10.7. The zero-order valence-corrected chi connectivity index (χ0v) is 19.7. The lowest BCUT2D eigenvalue weighted by Gasteiger charge is -2.25. The van der Waals surface area contributed by atoms with Crippen molar-refractivity contribution in [1.82, 2.24) is 20.3 Å². The van der Waals surface area contributed by atoms with Gasteiger partial charge in [0.1, 0.15) is 4.21 Å². The van der Waals surface area contributed by atoms with Gasteiger partial charge in [0, 0.05) is 32.7 Å². The normalized spacial score (nSPS) is 12.3. The molecule has 0 saturated carbocycles. The Balaban J connectivity index is 0.00000625. The number of halogens is 1. The van der Waals surface area contributed by atoms with Crippen LogP contribution in [-0.4, -0.2) is 64.5 Å². The first-order valence-electron chi connectivity index (χ1n) is 7.81. The van der Waals surface area contributed by atoms with E-state index in [-0.39, 0.29) is 52.7 Å². The number of rotatable bonds is 7. The molecule has 0 spiro atoms. The predicted octanol–water partition coefficient (Wildman–Crippen LogP) is 1.07.